The van der Waals surface area contributed by atoms with Gasteiger partial charge in [-0.05, 0) is 37.6 Å². The van der Waals surface area contributed by atoms with Crippen LogP contribution in [0, 0.1) is 13.8 Å². The maximum atomic E-state index is 12.5. The number of hydrogen-bond donors (Lipinski definition) is 0. The Morgan fingerprint density at radius 2 is 1.44 bits per heavy atom. The Balaban J connectivity index is 1.66. The van der Waals surface area contributed by atoms with Crippen LogP contribution in [0.2, 0.25) is 0 Å². The first-order valence-corrected chi connectivity index (χ1v) is 8.04. The van der Waals surface area contributed by atoms with Gasteiger partial charge in [0.05, 0.1) is 17.7 Å². The lowest BCUT2D eigenvalue weighted by molar-refractivity contribution is 0.0640. The van der Waals surface area contributed by atoms with Crippen molar-refractivity contribution in [2.24, 2.45) is 0 Å². The van der Waals surface area contributed by atoms with E-state index in [-0.39, 0.29) is 18.4 Å². The molecule has 2 heterocycles. The first kappa shape index (κ1) is 15.3. The van der Waals surface area contributed by atoms with Crippen molar-refractivity contribution in [2.75, 3.05) is 0 Å². The van der Waals surface area contributed by atoms with E-state index in [1.807, 2.05) is 31.2 Å². The minimum absolute atomic E-state index is 0.105. The van der Waals surface area contributed by atoms with Crippen molar-refractivity contribution < 1.29 is 14.0 Å². The van der Waals surface area contributed by atoms with Crippen molar-refractivity contribution in [1.29, 1.82) is 0 Å². The van der Waals surface area contributed by atoms with Gasteiger partial charge in [0.2, 0.25) is 5.89 Å². The molecule has 0 atom stereocenters. The van der Waals surface area contributed by atoms with E-state index in [9.17, 15) is 9.59 Å². The van der Waals surface area contributed by atoms with Crippen molar-refractivity contribution in [3.05, 3.63) is 76.7 Å². The topological polar surface area (TPSA) is 63.4 Å². The van der Waals surface area contributed by atoms with Crippen LogP contribution in [0.25, 0.3) is 11.5 Å². The molecule has 0 bridgehead atoms. The molecule has 0 N–H and O–H groups in total. The van der Waals surface area contributed by atoms with Gasteiger partial charge < -0.3 is 4.42 Å². The third-order valence-electron chi connectivity index (χ3n) is 4.45. The maximum Gasteiger partial charge on any atom is 0.261 e. The highest BCUT2D eigenvalue weighted by Crippen LogP contribution is 2.28. The molecule has 3 aromatic rings. The van der Waals surface area contributed by atoms with Gasteiger partial charge in [-0.15, -0.1) is 0 Å². The van der Waals surface area contributed by atoms with Crippen LogP contribution in [-0.2, 0) is 6.54 Å². The summed E-state index contributed by atoms with van der Waals surface area (Å²) in [6.07, 6.45) is 0. The lowest BCUT2D eigenvalue weighted by Crippen LogP contribution is -2.29. The summed E-state index contributed by atoms with van der Waals surface area (Å²) in [6, 6.07) is 14.6. The summed E-state index contributed by atoms with van der Waals surface area (Å²) in [5.41, 5.74) is 3.42. The van der Waals surface area contributed by atoms with E-state index in [0.29, 0.717) is 28.5 Å². The molecule has 0 radical (unpaired) electrons. The van der Waals surface area contributed by atoms with Crippen molar-refractivity contribution in [3.8, 4) is 11.5 Å². The highest BCUT2D eigenvalue weighted by Gasteiger charge is 2.36. The van der Waals surface area contributed by atoms with Gasteiger partial charge in [-0.3, -0.25) is 14.5 Å². The summed E-state index contributed by atoms with van der Waals surface area (Å²) in [4.78, 5) is 30.7. The Hall–Kier alpha value is -3.21. The van der Waals surface area contributed by atoms with Crippen molar-refractivity contribution in [3.63, 3.8) is 0 Å². The van der Waals surface area contributed by atoms with Crippen LogP contribution in [0.3, 0.4) is 0 Å². The highest BCUT2D eigenvalue weighted by molar-refractivity contribution is 6.21. The minimum Gasteiger partial charge on any atom is -0.441 e. The molecule has 5 nitrogen and oxygen atoms in total. The SMILES string of the molecule is Cc1ccccc1-c1nc(CN2C(=O)c3ccccc3C2=O)c(C)o1. The van der Waals surface area contributed by atoms with E-state index in [2.05, 4.69) is 4.98 Å². The van der Waals surface area contributed by atoms with Crippen LogP contribution in [0.4, 0.5) is 0 Å². The van der Waals surface area contributed by atoms with Crippen molar-refractivity contribution in [1.82, 2.24) is 9.88 Å². The Kier molecular flexibility index (Phi) is 3.50. The molecule has 0 aliphatic carbocycles. The Labute approximate surface area is 144 Å². The second kappa shape index (κ2) is 5.70. The largest absolute Gasteiger partial charge is 0.441 e. The Morgan fingerprint density at radius 3 is 2.04 bits per heavy atom. The molecule has 124 valence electrons. The van der Waals surface area contributed by atoms with Crippen LogP contribution < -0.4 is 0 Å². The fourth-order valence-electron chi connectivity index (χ4n) is 3.04. The number of imide groups is 1. The number of amides is 2. The van der Waals surface area contributed by atoms with Gasteiger partial charge in [-0.2, -0.15) is 0 Å². The van der Waals surface area contributed by atoms with Gasteiger partial charge in [0.15, 0.2) is 0 Å². The molecule has 0 unspecified atom stereocenters. The molecular weight excluding hydrogens is 316 g/mol. The molecule has 0 saturated heterocycles. The first-order valence-electron chi connectivity index (χ1n) is 8.04. The molecule has 0 saturated carbocycles. The molecule has 0 spiro atoms. The summed E-state index contributed by atoms with van der Waals surface area (Å²) in [6.45, 7) is 3.88. The average Bonchev–Trinajstić information content (AvgIpc) is 3.09. The third kappa shape index (κ3) is 2.45. The van der Waals surface area contributed by atoms with E-state index in [1.54, 1.807) is 31.2 Å². The third-order valence-corrected chi connectivity index (χ3v) is 4.45. The Bertz CT molecular complexity index is 969. The van der Waals surface area contributed by atoms with Gasteiger partial charge in [0.1, 0.15) is 11.5 Å². The van der Waals surface area contributed by atoms with E-state index < -0.39 is 0 Å². The summed E-state index contributed by atoms with van der Waals surface area (Å²) in [7, 11) is 0. The summed E-state index contributed by atoms with van der Waals surface area (Å²) < 4.78 is 5.78. The molecule has 0 fully saturated rings. The van der Waals surface area contributed by atoms with E-state index in [4.69, 9.17) is 4.42 Å². The van der Waals surface area contributed by atoms with Gasteiger partial charge in [0, 0.05) is 5.56 Å². The highest BCUT2D eigenvalue weighted by atomic mass is 16.4. The predicted molar refractivity (Wildman–Crippen MR) is 92.1 cm³/mol. The average molecular weight is 332 g/mol. The smallest absolute Gasteiger partial charge is 0.261 e. The molecule has 2 aromatic carbocycles. The van der Waals surface area contributed by atoms with Gasteiger partial charge in [-0.1, -0.05) is 30.3 Å². The predicted octanol–water partition coefficient (Wildman–Crippen LogP) is 3.75. The van der Waals surface area contributed by atoms with Crippen molar-refractivity contribution >= 4 is 11.8 Å². The first-order chi connectivity index (χ1) is 12.1. The van der Waals surface area contributed by atoms with Crippen LogP contribution in [0.15, 0.2) is 52.9 Å². The van der Waals surface area contributed by atoms with Gasteiger partial charge in [-0.25, -0.2) is 4.98 Å². The molecule has 2 amide bonds. The number of rotatable bonds is 3. The zero-order valence-electron chi connectivity index (χ0n) is 13.9. The number of benzene rings is 2. The summed E-state index contributed by atoms with van der Waals surface area (Å²) >= 11 is 0. The number of nitrogens with zero attached hydrogens (tertiary/aromatic N) is 2. The van der Waals surface area contributed by atoms with E-state index in [1.165, 1.54) is 4.90 Å². The number of aromatic nitrogens is 1. The minimum atomic E-state index is -0.291. The number of hydrogen-bond acceptors (Lipinski definition) is 4. The van der Waals surface area contributed by atoms with Crippen molar-refractivity contribution in [2.45, 2.75) is 20.4 Å². The zero-order valence-corrected chi connectivity index (χ0v) is 13.9. The number of fused-ring (bicyclic) bond motifs is 1. The van der Waals surface area contributed by atoms with E-state index >= 15 is 0 Å². The number of aryl methyl sites for hydroxylation is 2. The van der Waals surface area contributed by atoms with Crippen LogP contribution in [0.5, 0.6) is 0 Å². The number of carbonyl (C=O) groups excluding carboxylic acids is 2. The summed E-state index contributed by atoms with van der Waals surface area (Å²) in [5.74, 6) is 0.526. The van der Waals surface area contributed by atoms with E-state index in [0.717, 1.165) is 11.1 Å². The van der Waals surface area contributed by atoms with Crippen LogP contribution >= 0.6 is 0 Å². The molecule has 1 aliphatic heterocycles. The molecule has 1 aliphatic rings. The molecule has 5 heteroatoms. The molecule has 4 rings (SSSR count). The quantitative estimate of drug-likeness (QED) is 0.685. The fraction of sp³-hybridized carbons (Fsp3) is 0.150. The molecule has 1 aromatic heterocycles. The monoisotopic (exact) mass is 332 g/mol. The fourth-order valence-corrected chi connectivity index (χ4v) is 3.04. The van der Waals surface area contributed by atoms with Crippen LogP contribution in [-0.4, -0.2) is 21.7 Å². The number of oxazole rings is 1. The molecular formula is C20H16N2O3. The second-order valence-corrected chi connectivity index (χ2v) is 6.08. The lowest BCUT2D eigenvalue weighted by Gasteiger charge is -2.11. The molecule has 25 heavy (non-hydrogen) atoms. The lowest BCUT2D eigenvalue weighted by atomic mass is 10.1. The number of carbonyl (C=O) groups is 2. The van der Waals surface area contributed by atoms with Gasteiger partial charge in [0.25, 0.3) is 11.8 Å². The normalized spacial score (nSPS) is 13.4. The standard InChI is InChI=1S/C20H16N2O3/c1-12-7-3-4-8-14(12)18-21-17(13(2)25-18)11-22-19(23)15-9-5-6-10-16(15)20(22)24/h3-10H,11H2,1-2H3. The Morgan fingerprint density at radius 1 is 0.880 bits per heavy atom. The van der Waals surface area contributed by atoms with Crippen LogP contribution in [0.1, 0.15) is 37.7 Å². The zero-order chi connectivity index (χ0) is 17.6. The second-order valence-electron chi connectivity index (χ2n) is 6.08. The van der Waals surface area contributed by atoms with Gasteiger partial charge >= 0.3 is 0 Å². The maximum absolute atomic E-state index is 12.5. The summed E-state index contributed by atoms with van der Waals surface area (Å²) in [5, 5.41) is 0.